The van der Waals surface area contributed by atoms with E-state index in [1.54, 1.807) is 0 Å². The molecule has 2 rings (SSSR count). The summed E-state index contributed by atoms with van der Waals surface area (Å²) in [5.41, 5.74) is -1.50. The third kappa shape index (κ3) is 1.30. The van der Waals surface area contributed by atoms with Crippen LogP contribution in [-0.4, -0.2) is 18.5 Å². The average molecular weight is 252 g/mol. The van der Waals surface area contributed by atoms with Crippen molar-refractivity contribution in [3.63, 3.8) is 0 Å². The molecule has 0 aromatic carbocycles. The van der Waals surface area contributed by atoms with Crippen LogP contribution in [0.15, 0.2) is 0 Å². The SMILES string of the molecule is CCC(C)[B-]12OC(=O)C(C)(C)[C+]1C(C)(C)C(=O)O2. The second-order valence-corrected chi connectivity index (χ2v) is 6.63. The summed E-state index contributed by atoms with van der Waals surface area (Å²) < 4.78 is 11.2. The Kier molecular flexibility index (Phi) is 2.56. The molecular formula is C13H21BO4. The van der Waals surface area contributed by atoms with E-state index in [1.165, 1.54) is 0 Å². The van der Waals surface area contributed by atoms with E-state index in [0.717, 1.165) is 12.2 Å². The van der Waals surface area contributed by atoms with E-state index in [0.29, 0.717) is 0 Å². The fourth-order valence-electron chi connectivity index (χ4n) is 3.59. The van der Waals surface area contributed by atoms with E-state index in [9.17, 15) is 9.59 Å². The molecule has 18 heavy (non-hydrogen) atoms. The molecule has 0 radical (unpaired) electrons. The van der Waals surface area contributed by atoms with Gasteiger partial charge in [-0.15, -0.1) is 0 Å². The first-order valence-corrected chi connectivity index (χ1v) is 6.60. The van der Waals surface area contributed by atoms with Crippen LogP contribution in [0.1, 0.15) is 48.0 Å². The summed E-state index contributed by atoms with van der Waals surface area (Å²) >= 11 is 0. The van der Waals surface area contributed by atoms with Crippen LogP contribution < -0.4 is 0 Å². The molecule has 1 unspecified atom stereocenters. The van der Waals surface area contributed by atoms with Gasteiger partial charge < -0.3 is 9.31 Å². The van der Waals surface area contributed by atoms with E-state index >= 15 is 0 Å². The van der Waals surface area contributed by atoms with Gasteiger partial charge in [0.05, 0.1) is 0 Å². The van der Waals surface area contributed by atoms with Gasteiger partial charge in [0.15, 0.2) is 10.8 Å². The molecule has 0 N–H and O–H groups in total. The van der Waals surface area contributed by atoms with Gasteiger partial charge >= 0.3 is 18.5 Å². The molecule has 0 aliphatic carbocycles. The molecule has 0 amide bonds. The minimum Gasteiger partial charge on any atom is -0.613 e. The van der Waals surface area contributed by atoms with Crippen molar-refractivity contribution in [1.29, 1.82) is 0 Å². The number of hydrogen-bond donors (Lipinski definition) is 0. The molecule has 2 fully saturated rings. The van der Waals surface area contributed by atoms with Crippen molar-refractivity contribution in [3.05, 3.63) is 5.82 Å². The van der Waals surface area contributed by atoms with Crippen LogP contribution in [0.4, 0.5) is 0 Å². The quantitative estimate of drug-likeness (QED) is 0.559. The van der Waals surface area contributed by atoms with Crippen molar-refractivity contribution in [1.82, 2.24) is 0 Å². The molecule has 0 saturated carbocycles. The van der Waals surface area contributed by atoms with E-state index in [1.807, 2.05) is 41.5 Å². The monoisotopic (exact) mass is 252 g/mol. The van der Waals surface area contributed by atoms with Gasteiger partial charge in [0, 0.05) is 5.82 Å². The minimum absolute atomic E-state index is 0.0245. The summed E-state index contributed by atoms with van der Waals surface area (Å²) in [6, 6.07) is 0. The van der Waals surface area contributed by atoms with Crippen LogP contribution in [0.2, 0.25) is 5.82 Å². The maximum Gasteiger partial charge on any atom is 0.562 e. The van der Waals surface area contributed by atoms with Crippen molar-refractivity contribution in [2.45, 2.75) is 53.8 Å². The predicted molar refractivity (Wildman–Crippen MR) is 68.5 cm³/mol. The molecule has 2 heterocycles. The normalized spacial score (nSPS) is 28.7. The molecule has 5 heteroatoms. The average Bonchev–Trinajstić information content (AvgIpc) is 2.58. The Hall–Kier alpha value is -1.13. The van der Waals surface area contributed by atoms with Crippen molar-refractivity contribution in [2.24, 2.45) is 10.8 Å². The van der Waals surface area contributed by atoms with Crippen LogP contribution in [0.25, 0.3) is 0 Å². The Morgan fingerprint density at radius 3 is 1.83 bits per heavy atom. The Balaban J connectivity index is 2.59. The highest BCUT2D eigenvalue weighted by Gasteiger charge is 2.80. The zero-order valence-electron chi connectivity index (χ0n) is 12.0. The van der Waals surface area contributed by atoms with Crippen molar-refractivity contribution in [2.75, 3.05) is 0 Å². The number of fused-ring (bicyclic) bond motifs is 1. The lowest BCUT2D eigenvalue weighted by atomic mass is 9.33. The maximum atomic E-state index is 12.1. The lowest BCUT2D eigenvalue weighted by molar-refractivity contribution is -0.148. The Bertz CT molecular complexity index is 383. The lowest BCUT2D eigenvalue weighted by Gasteiger charge is -2.31. The first kappa shape index (κ1) is 13.3. The molecule has 2 aliphatic rings. The Labute approximate surface area is 108 Å². The van der Waals surface area contributed by atoms with Crippen LogP contribution in [0.3, 0.4) is 0 Å². The Morgan fingerprint density at radius 1 is 1.11 bits per heavy atom. The number of carbonyl (C=O) groups excluding carboxylic acids is 2. The molecule has 2 saturated heterocycles. The van der Waals surface area contributed by atoms with Crippen LogP contribution in [-0.2, 0) is 18.9 Å². The largest absolute Gasteiger partial charge is 0.613 e. The van der Waals surface area contributed by atoms with Gasteiger partial charge in [0.2, 0.25) is 0 Å². The van der Waals surface area contributed by atoms with Crippen molar-refractivity contribution in [3.8, 4) is 0 Å². The molecular weight excluding hydrogens is 231 g/mol. The van der Waals surface area contributed by atoms with Crippen LogP contribution in [0.5, 0.6) is 0 Å². The highest BCUT2D eigenvalue weighted by molar-refractivity contribution is 6.81. The third-order valence-corrected chi connectivity index (χ3v) is 4.73. The van der Waals surface area contributed by atoms with Gasteiger partial charge in [-0.05, 0) is 33.5 Å². The molecule has 0 aromatic heterocycles. The molecule has 2 aliphatic heterocycles. The van der Waals surface area contributed by atoms with E-state index in [4.69, 9.17) is 9.31 Å². The zero-order chi connectivity index (χ0) is 13.9. The van der Waals surface area contributed by atoms with E-state index in [-0.39, 0.29) is 17.8 Å². The summed E-state index contributed by atoms with van der Waals surface area (Å²) in [7, 11) is 0. The maximum absolute atomic E-state index is 12.1. The first-order chi connectivity index (χ1) is 8.10. The fraction of sp³-hybridized carbons (Fsp3) is 0.769. The highest BCUT2D eigenvalue weighted by Crippen LogP contribution is 2.62. The summed E-state index contributed by atoms with van der Waals surface area (Å²) in [5, 5.41) is 0. The molecule has 4 nitrogen and oxygen atoms in total. The smallest absolute Gasteiger partial charge is 0.562 e. The van der Waals surface area contributed by atoms with Gasteiger partial charge in [-0.25, -0.2) is 0 Å². The molecule has 0 spiro atoms. The number of carbonyl (C=O) groups is 2. The summed E-state index contributed by atoms with van der Waals surface area (Å²) in [6.45, 7) is 9.33. The van der Waals surface area contributed by atoms with E-state index in [2.05, 4.69) is 0 Å². The summed E-state index contributed by atoms with van der Waals surface area (Å²) in [4.78, 5) is 24.2. The van der Waals surface area contributed by atoms with Crippen molar-refractivity contribution < 1.29 is 18.9 Å². The van der Waals surface area contributed by atoms with Gasteiger partial charge in [-0.3, -0.25) is 9.59 Å². The van der Waals surface area contributed by atoms with Crippen LogP contribution >= 0.6 is 0 Å². The standard InChI is InChI=1S/C13H21BO4/c1-7-8(2)14-9(12(3,4)10(15)17-14)13(5,6)11(16)18-14/h8H,7H2,1-6H3. The first-order valence-electron chi connectivity index (χ1n) is 6.60. The fourth-order valence-corrected chi connectivity index (χ4v) is 3.59. The predicted octanol–water partition coefficient (Wildman–Crippen LogP) is 2.51. The van der Waals surface area contributed by atoms with Gasteiger partial charge in [0.1, 0.15) is 0 Å². The lowest BCUT2D eigenvalue weighted by Crippen LogP contribution is -2.47. The number of hydrogen-bond acceptors (Lipinski definition) is 4. The topological polar surface area (TPSA) is 52.6 Å². The van der Waals surface area contributed by atoms with Gasteiger partial charge in [-0.1, -0.05) is 20.3 Å². The minimum atomic E-state index is -1.93. The van der Waals surface area contributed by atoms with Crippen molar-refractivity contribution >= 4 is 18.5 Å². The Morgan fingerprint density at radius 2 is 1.50 bits per heavy atom. The molecule has 100 valence electrons. The summed E-state index contributed by atoms with van der Waals surface area (Å²) in [6.07, 6.45) is 0.802. The highest BCUT2D eigenvalue weighted by atomic mass is 16.7. The third-order valence-electron chi connectivity index (χ3n) is 4.73. The van der Waals surface area contributed by atoms with E-state index < -0.39 is 17.4 Å². The number of rotatable bonds is 2. The second-order valence-electron chi connectivity index (χ2n) is 6.63. The molecule has 1 atom stereocenters. The zero-order valence-corrected chi connectivity index (χ0v) is 12.0. The van der Waals surface area contributed by atoms with Gasteiger partial charge in [0.25, 0.3) is 0 Å². The molecule has 0 aromatic rings. The second kappa shape index (κ2) is 3.46. The summed E-state index contributed by atoms with van der Waals surface area (Å²) in [5.74, 6) is 0.299. The van der Waals surface area contributed by atoms with Crippen LogP contribution in [0, 0.1) is 16.6 Å². The van der Waals surface area contributed by atoms with Gasteiger partial charge in [-0.2, -0.15) is 0 Å². The molecule has 0 bridgehead atoms.